The van der Waals surface area contributed by atoms with E-state index in [1.807, 2.05) is 6.92 Å². The van der Waals surface area contributed by atoms with E-state index in [1.54, 1.807) is 23.7 Å². The molecular weight excluding hydrogens is 506 g/mol. The molecule has 38 heavy (non-hydrogen) atoms. The van der Waals surface area contributed by atoms with Gasteiger partial charge in [-0.3, -0.25) is 9.59 Å². The second-order valence-corrected chi connectivity index (χ2v) is 8.47. The molecule has 0 saturated heterocycles. The molecule has 2 aromatic rings. The van der Waals surface area contributed by atoms with E-state index in [4.69, 9.17) is 29.9 Å². The lowest BCUT2D eigenvalue weighted by atomic mass is 10.0. The summed E-state index contributed by atoms with van der Waals surface area (Å²) in [6.45, 7) is 2.13. The Morgan fingerprint density at radius 1 is 1.11 bits per heavy atom. The van der Waals surface area contributed by atoms with Gasteiger partial charge in [0.15, 0.2) is 11.5 Å². The van der Waals surface area contributed by atoms with Crippen LogP contribution in [0.15, 0.2) is 23.1 Å². The highest BCUT2D eigenvalue weighted by Gasteiger charge is 2.29. The maximum absolute atomic E-state index is 12.7. The third-order valence-corrected chi connectivity index (χ3v) is 5.74. The molecule has 2 heterocycles. The largest absolute Gasteiger partial charge is 0.550 e. The summed E-state index contributed by atoms with van der Waals surface area (Å²) < 4.78 is 12.4. The predicted octanol–water partition coefficient (Wildman–Crippen LogP) is -3.35. The van der Waals surface area contributed by atoms with Crippen molar-refractivity contribution in [3.63, 3.8) is 0 Å². The second kappa shape index (κ2) is 14.6. The van der Waals surface area contributed by atoms with Gasteiger partial charge in [0.25, 0.3) is 5.91 Å². The monoisotopic (exact) mass is 540 g/mol. The van der Waals surface area contributed by atoms with Crippen molar-refractivity contribution in [1.29, 1.82) is 0 Å². The number of nitrogens with zero attached hydrogens (tertiary/aromatic N) is 1. The van der Waals surface area contributed by atoms with Gasteiger partial charge in [-0.15, -0.1) is 0 Å². The first kappa shape index (κ1) is 31.0. The quantitative estimate of drug-likeness (QED) is 0.131. The molecule has 4 atom stereocenters. The van der Waals surface area contributed by atoms with E-state index in [9.17, 15) is 24.6 Å². The first-order valence-electron chi connectivity index (χ1n) is 12.0. The molecule has 7 N–H and O–H groups in total. The maximum Gasteiger partial charge on any atom is 0.256 e. The summed E-state index contributed by atoms with van der Waals surface area (Å²) in [4.78, 5) is 35.4. The summed E-state index contributed by atoms with van der Waals surface area (Å²) in [6.07, 6.45) is -4.06. The number of hydrogen-bond donors (Lipinski definition) is 7. The van der Waals surface area contributed by atoms with Gasteiger partial charge in [0, 0.05) is 37.9 Å². The second-order valence-electron chi connectivity index (χ2n) is 8.47. The number of ether oxygens (including phenoxy) is 2. The minimum atomic E-state index is -1.55. The number of aliphatic hydroxyl groups excluding tert-OH is 5. The zero-order valence-corrected chi connectivity index (χ0v) is 21.1. The smallest absolute Gasteiger partial charge is 0.256 e. The van der Waals surface area contributed by atoms with Crippen LogP contribution in [-0.4, -0.2) is 99.9 Å². The highest BCUT2D eigenvalue weighted by atomic mass is 16.7. The molecule has 3 rings (SSSR count). The van der Waals surface area contributed by atoms with Crippen molar-refractivity contribution >= 4 is 22.8 Å². The van der Waals surface area contributed by atoms with Crippen molar-refractivity contribution in [3.05, 3.63) is 34.1 Å². The molecule has 1 aliphatic rings. The number of aliphatic carboxylic acids is 1. The number of nitrogens with one attached hydrogen (secondary N) is 2. The average molecular weight is 541 g/mol. The lowest BCUT2D eigenvalue weighted by Crippen LogP contribution is -2.48. The number of amides is 1. The Morgan fingerprint density at radius 2 is 1.74 bits per heavy atom. The third kappa shape index (κ3) is 7.86. The Bertz CT molecular complexity index is 1150. The van der Waals surface area contributed by atoms with E-state index >= 15 is 0 Å². The zero-order valence-electron chi connectivity index (χ0n) is 21.1. The predicted molar refractivity (Wildman–Crippen MR) is 132 cm³/mol. The van der Waals surface area contributed by atoms with Crippen molar-refractivity contribution < 1.29 is 49.7 Å². The SMILES string of the molecule is CCn1cc(C(=O)NCCCC(=O)[O-])c(=O)c2cc3c(cc21)OCO3.CNC[C@H](O)[C@@H](O)[C@H](O)[C@H](O)CO. The van der Waals surface area contributed by atoms with Crippen LogP contribution >= 0.6 is 0 Å². The number of carboxylic acids is 1. The number of aliphatic hydroxyl groups is 5. The van der Waals surface area contributed by atoms with Gasteiger partial charge in [-0.05, 0) is 32.9 Å². The van der Waals surface area contributed by atoms with E-state index in [1.165, 1.54) is 6.20 Å². The number of aromatic nitrogens is 1. The average Bonchev–Trinajstić information content (AvgIpc) is 3.37. The Kier molecular flexibility index (Phi) is 11.9. The Labute approximate surface area is 218 Å². The molecule has 0 unspecified atom stereocenters. The Hall–Kier alpha value is -3.27. The van der Waals surface area contributed by atoms with Crippen LogP contribution in [0.2, 0.25) is 0 Å². The summed E-state index contributed by atoms with van der Waals surface area (Å²) in [5.74, 6) is -0.679. The summed E-state index contributed by atoms with van der Waals surface area (Å²) in [5, 5.41) is 60.8. The minimum Gasteiger partial charge on any atom is -0.550 e. The standard InChI is InChI=1S/C17H18N2O6.C7H17NO5/c1-2-19-8-11(17(23)18-5-3-4-15(20)21)16(22)10-6-13-14(7-12(10)19)25-9-24-13;1-8-2-4(10)6(12)7(13)5(11)3-9/h6-8H,2-5,9H2,1H3,(H,18,23)(H,20,21);4-13H,2-3H2,1H3/p-1/t;4-,5+,6+,7+/m.0/s1. The van der Waals surface area contributed by atoms with Gasteiger partial charge < -0.3 is 60.1 Å². The summed E-state index contributed by atoms with van der Waals surface area (Å²) in [5.41, 5.74) is 0.252. The molecule has 0 bridgehead atoms. The van der Waals surface area contributed by atoms with E-state index in [-0.39, 0.29) is 38.3 Å². The van der Waals surface area contributed by atoms with Crippen LogP contribution < -0.4 is 30.6 Å². The Balaban J connectivity index is 0.000000332. The molecule has 1 aromatic heterocycles. The molecule has 1 aromatic carbocycles. The highest BCUT2D eigenvalue weighted by molar-refractivity contribution is 5.97. The van der Waals surface area contributed by atoms with Crippen LogP contribution in [0.25, 0.3) is 10.9 Å². The zero-order chi connectivity index (χ0) is 28.4. The number of hydrogen-bond acceptors (Lipinski definition) is 12. The van der Waals surface area contributed by atoms with Gasteiger partial charge in [-0.25, -0.2) is 0 Å². The molecule has 0 fully saturated rings. The van der Waals surface area contributed by atoms with E-state index in [0.29, 0.717) is 28.9 Å². The van der Waals surface area contributed by atoms with Crippen molar-refractivity contribution in [3.8, 4) is 11.5 Å². The fourth-order valence-corrected chi connectivity index (χ4v) is 3.63. The van der Waals surface area contributed by atoms with Gasteiger partial charge in [0.05, 0.1) is 23.6 Å². The molecule has 0 spiro atoms. The summed E-state index contributed by atoms with van der Waals surface area (Å²) >= 11 is 0. The third-order valence-electron chi connectivity index (χ3n) is 5.74. The maximum atomic E-state index is 12.7. The number of likely N-dealkylation sites (N-methyl/N-ethyl adjacent to an activating group) is 1. The molecule has 14 nitrogen and oxygen atoms in total. The number of aryl methyl sites for hydroxylation is 1. The number of carbonyl (C=O) groups is 2. The van der Waals surface area contributed by atoms with Crippen LogP contribution in [0, 0.1) is 0 Å². The molecule has 0 radical (unpaired) electrons. The number of benzene rings is 1. The molecule has 1 amide bonds. The van der Waals surface area contributed by atoms with Crippen LogP contribution in [0.3, 0.4) is 0 Å². The van der Waals surface area contributed by atoms with Gasteiger partial charge >= 0.3 is 0 Å². The summed E-state index contributed by atoms with van der Waals surface area (Å²) in [6, 6.07) is 3.31. The fraction of sp³-hybridized carbons (Fsp3) is 0.542. The lowest BCUT2D eigenvalue weighted by molar-refractivity contribution is -0.305. The number of pyridine rings is 1. The molecule has 0 aliphatic carbocycles. The van der Waals surface area contributed by atoms with Crippen molar-refractivity contribution in [1.82, 2.24) is 15.2 Å². The first-order chi connectivity index (χ1) is 18.0. The van der Waals surface area contributed by atoms with E-state index < -0.39 is 48.3 Å². The lowest BCUT2D eigenvalue weighted by Gasteiger charge is -2.25. The topological polar surface area (TPSA) is 223 Å². The molecule has 212 valence electrons. The highest BCUT2D eigenvalue weighted by Crippen LogP contribution is 2.35. The van der Waals surface area contributed by atoms with E-state index in [0.717, 1.165) is 0 Å². The van der Waals surface area contributed by atoms with Gasteiger partial charge in [-0.1, -0.05) is 0 Å². The summed E-state index contributed by atoms with van der Waals surface area (Å²) in [7, 11) is 1.57. The number of fused-ring (bicyclic) bond motifs is 2. The van der Waals surface area contributed by atoms with Gasteiger partial charge in [0.2, 0.25) is 12.2 Å². The van der Waals surface area contributed by atoms with Crippen LogP contribution in [0.1, 0.15) is 30.1 Å². The van der Waals surface area contributed by atoms with E-state index in [2.05, 4.69) is 10.6 Å². The van der Waals surface area contributed by atoms with Crippen LogP contribution in [-0.2, 0) is 11.3 Å². The molecule has 0 saturated carbocycles. The van der Waals surface area contributed by atoms with Crippen molar-refractivity contribution in [2.75, 3.05) is 33.5 Å². The van der Waals surface area contributed by atoms with Crippen molar-refractivity contribution in [2.24, 2.45) is 0 Å². The van der Waals surface area contributed by atoms with Crippen LogP contribution in [0.5, 0.6) is 11.5 Å². The first-order valence-corrected chi connectivity index (χ1v) is 12.0. The molecule has 14 heteroatoms. The minimum absolute atomic E-state index is 0.00154. The van der Waals surface area contributed by atoms with Gasteiger partial charge in [-0.2, -0.15) is 0 Å². The number of carboxylic acid groups (broad SMARTS) is 1. The molecule has 1 aliphatic heterocycles. The molecular formula is C24H34N3O11-. The van der Waals surface area contributed by atoms with Crippen LogP contribution in [0.4, 0.5) is 0 Å². The normalized spacial score (nSPS) is 15.2. The fourth-order valence-electron chi connectivity index (χ4n) is 3.63. The van der Waals surface area contributed by atoms with Gasteiger partial charge in [0.1, 0.15) is 23.9 Å². The van der Waals surface area contributed by atoms with Crippen molar-refractivity contribution in [2.45, 2.75) is 50.7 Å². The number of carbonyl (C=O) groups excluding carboxylic acids is 2. The number of rotatable bonds is 12. The Morgan fingerprint density at radius 3 is 2.32 bits per heavy atom.